The van der Waals surface area contributed by atoms with Gasteiger partial charge in [-0.15, -0.1) is 0 Å². The molecule has 0 amide bonds. The van der Waals surface area contributed by atoms with Crippen molar-refractivity contribution in [3.05, 3.63) is 182 Å². The SMILES string of the molecule is c1ccc(-c2cccc(-n3c4ccccc4c4ccc5c6c7oc8ccccc8c7ccc6n(-c6ccc7c8c(cccc68)-c6ccccc6-7)c5c43)c2)cc1. The number of hydrogen-bond donors (Lipinski definition) is 0. The second-order valence-electron chi connectivity index (χ2n) is 14.8. The lowest BCUT2D eigenvalue weighted by atomic mass is 10.0. The summed E-state index contributed by atoms with van der Waals surface area (Å²) >= 11 is 0. The highest BCUT2D eigenvalue weighted by molar-refractivity contribution is 6.30. The van der Waals surface area contributed by atoms with Gasteiger partial charge in [-0.25, -0.2) is 0 Å². The van der Waals surface area contributed by atoms with E-state index < -0.39 is 0 Å². The Morgan fingerprint density at radius 2 is 1.00 bits per heavy atom. The van der Waals surface area contributed by atoms with Crippen LogP contribution in [-0.2, 0) is 0 Å². The normalized spacial score (nSPS) is 12.4. The molecular formula is C52H30N2O. The van der Waals surface area contributed by atoms with Crippen molar-refractivity contribution in [3.8, 4) is 44.8 Å². The first-order valence-electron chi connectivity index (χ1n) is 18.9. The molecule has 3 aromatic heterocycles. The molecule has 55 heavy (non-hydrogen) atoms. The van der Waals surface area contributed by atoms with E-state index in [-0.39, 0.29) is 0 Å². The van der Waals surface area contributed by atoms with Gasteiger partial charge in [0, 0.05) is 38.0 Å². The largest absolute Gasteiger partial charge is 0.455 e. The van der Waals surface area contributed by atoms with Crippen LogP contribution in [0.5, 0.6) is 0 Å². The molecule has 0 N–H and O–H groups in total. The van der Waals surface area contributed by atoms with E-state index in [1.165, 1.54) is 71.3 Å². The van der Waals surface area contributed by atoms with Gasteiger partial charge in [0.1, 0.15) is 11.2 Å². The second kappa shape index (κ2) is 10.6. The minimum atomic E-state index is 0.905. The average Bonchev–Trinajstić information content (AvgIpc) is 3.99. The molecule has 13 rings (SSSR count). The maximum Gasteiger partial charge on any atom is 0.145 e. The standard InChI is InChI=1S/C52H30N2O/c1-2-12-31(13-3-1)32-14-10-15-33(30-32)53-44-22-8-6-18-36(44)40-24-25-43-49-46(29-27-41-37-19-7-9-23-47(37)55-52(41)49)54(51(43)50(40)53)45-28-26-39-35-17-5-4-16-34(35)38-20-11-21-42(45)48(38)39/h1-30H. The Balaban J connectivity index is 1.24. The smallest absolute Gasteiger partial charge is 0.145 e. The molecule has 3 nitrogen and oxygen atoms in total. The molecule has 0 radical (unpaired) electrons. The zero-order valence-electron chi connectivity index (χ0n) is 29.6. The molecule has 1 aliphatic carbocycles. The van der Waals surface area contributed by atoms with E-state index in [1.807, 2.05) is 0 Å². The van der Waals surface area contributed by atoms with Crippen LogP contribution in [-0.4, -0.2) is 9.13 Å². The Kier molecular flexibility index (Phi) is 5.63. The Morgan fingerprint density at radius 1 is 0.345 bits per heavy atom. The minimum absolute atomic E-state index is 0.905. The summed E-state index contributed by atoms with van der Waals surface area (Å²) in [4.78, 5) is 0. The highest BCUT2D eigenvalue weighted by atomic mass is 16.3. The predicted molar refractivity (Wildman–Crippen MR) is 230 cm³/mol. The molecule has 0 fully saturated rings. The highest BCUT2D eigenvalue weighted by Gasteiger charge is 2.27. The fourth-order valence-corrected chi connectivity index (χ4v) is 9.78. The van der Waals surface area contributed by atoms with Gasteiger partial charge in [-0.2, -0.15) is 0 Å². The van der Waals surface area contributed by atoms with Crippen LogP contribution in [0.2, 0.25) is 0 Å². The van der Waals surface area contributed by atoms with Crippen LogP contribution < -0.4 is 0 Å². The Morgan fingerprint density at radius 3 is 1.89 bits per heavy atom. The Hall–Kier alpha value is -7.36. The van der Waals surface area contributed by atoms with Crippen molar-refractivity contribution >= 4 is 76.3 Å². The van der Waals surface area contributed by atoms with Crippen molar-refractivity contribution in [2.24, 2.45) is 0 Å². The molecule has 0 atom stereocenters. The summed E-state index contributed by atoms with van der Waals surface area (Å²) in [6.45, 7) is 0. The molecule has 1 aliphatic rings. The summed E-state index contributed by atoms with van der Waals surface area (Å²) in [5.41, 5.74) is 16.3. The minimum Gasteiger partial charge on any atom is -0.455 e. The third-order valence-corrected chi connectivity index (χ3v) is 12.0. The molecule has 3 heterocycles. The van der Waals surface area contributed by atoms with E-state index >= 15 is 0 Å². The van der Waals surface area contributed by atoms with Crippen LogP contribution in [0.4, 0.5) is 0 Å². The molecule has 0 bridgehead atoms. The van der Waals surface area contributed by atoms with Gasteiger partial charge in [0.25, 0.3) is 0 Å². The van der Waals surface area contributed by atoms with Crippen molar-refractivity contribution in [1.29, 1.82) is 0 Å². The van der Waals surface area contributed by atoms with Gasteiger partial charge in [-0.05, 0) is 81.2 Å². The van der Waals surface area contributed by atoms with Gasteiger partial charge in [0.15, 0.2) is 0 Å². The van der Waals surface area contributed by atoms with E-state index in [0.29, 0.717) is 0 Å². The number of fused-ring (bicyclic) bond motifs is 14. The van der Waals surface area contributed by atoms with Gasteiger partial charge >= 0.3 is 0 Å². The van der Waals surface area contributed by atoms with Crippen LogP contribution >= 0.6 is 0 Å². The summed E-state index contributed by atoms with van der Waals surface area (Å²) in [5.74, 6) is 0. The van der Waals surface area contributed by atoms with Gasteiger partial charge in [0.05, 0.1) is 33.1 Å². The summed E-state index contributed by atoms with van der Waals surface area (Å²) in [6.07, 6.45) is 0. The quantitative estimate of drug-likeness (QED) is 0.180. The lowest BCUT2D eigenvalue weighted by Crippen LogP contribution is -2.00. The number of hydrogen-bond acceptors (Lipinski definition) is 1. The Bertz CT molecular complexity index is 3570. The van der Waals surface area contributed by atoms with Crippen molar-refractivity contribution in [1.82, 2.24) is 9.13 Å². The lowest BCUT2D eigenvalue weighted by molar-refractivity contribution is 0.673. The van der Waals surface area contributed by atoms with Gasteiger partial charge in [-0.3, -0.25) is 0 Å². The first-order chi connectivity index (χ1) is 27.3. The number of para-hydroxylation sites is 2. The monoisotopic (exact) mass is 698 g/mol. The van der Waals surface area contributed by atoms with Gasteiger partial charge in [-0.1, -0.05) is 140 Å². The van der Waals surface area contributed by atoms with Crippen LogP contribution in [0.15, 0.2) is 186 Å². The molecule has 0 spiro atoms. The maximum absolute atomic E-state index is 6.83. The van der Waals surface area contributed by atoms with Crippen LogP contribution in [0.3, 0.4) is 0 Å². The summed E-state index contributed by atoms with van der Waals surface area (Å²) in [5, 5.41) is 9.56. The molecule has 3 heteroatoms. The number of rotatable bonds is 3. The number of nitrogens with zero attached hydrogens (tertiary/aromatic N) is 2. The van der Waals surface area contributed by atoms with Crippen molar-refractivity contribution < 1.29 is 4.42 Å². The zero-order chi connectivity index (χ0) is 35.8. The second-order valence-corrected chi connectivity index (χ2v) is 14.8. The van der Waals surface area contributed by atoms with Crippen molar-refractivity contribution in [2.75, 3.05) is 0 Å². The number of aromatic nitrogens is 2. The van der Waals surface area contributed by atoms with Crippen molar-refractivity contribution in [2.45, 2.75) is 0 Å². The fourth-order valence-electron chi connectivity index (χ4n) is 9.78. The first kappa shape index (κ1) is 29.1. The lowest BCUT2D eigenvalue weighted by Gasteiger charge is -2.16. The average molecular weight is 699 g/mol. The molecule has 0 saturated carbocycles. The first-order valence-corrected chi connectivity index (χ1v) is 18.9. The van der Waals surface area contributed by atoms with Crippen LogP contribution in [0.25, 0.3) is 121 Å². The molecule has 12 aromatic rings. The Labute approximate surface area is 315 Å². The van der Waals surface area contributed by atoms with E-state index in [0.717, 1.165) is 49.7 Å². The number of benzene rings is 9. The van der Waals surface area contributed by atoms with Gasteiger partial charge in [0.2, 0.25) is 0 Å². The van der Waals surface area contributed by atoms with E-state index in [9.17, 15) is 0 Å². The molecule has 0 unspecified atom stereocenters. The highest BCUT2D eigenvalue weighted by Crippen LogP contribution is 2.51. The maximum atomic E-state index is 6.83. The topological polar surface area (TPSA) is 23.0 Å². The number of furan rings is 1. The summed E-state index contributed by atoms with van der Waals surface area (Å²) in [7, 11) is 0. The fraction of sp³-hybridized carbons (Fsp3) is 0. The summed E-state index contributed by atoms with van der Waals surface area (Å²) in [6, 6.07) is 66.4. The van der Waals surface area contributed by atoms with E-state index in [4.69, 9.17) is 4.42 Å². The van der Waals surface area contributed by atoms with Crippen LogP contribution in [0, 0.1) is 0 Å². The van der Waals surface area contributed by atoms with E-state index in [2.05, 4.69) is 191 Å². The van der Waals surface area contributed by atoms with E-state index in [1.54, 1.807) is 0 Å². The third kappa shape index (κ3) is 3.79. The predicted octanol–water partition coefficient (Wildman–Crippen LogP) is 14.2. The molecule has 9 aromatic carbocycles. The summed E-state index contributed by atoms with van der Waals surface area (Å²) < 4.78 is 11.8. The van der Waals surface area contributed by atoms with Crippen molar-refractivity contribution in [3.63, 3.8) is 0 Å². The molecule has 0 saturated heterocycles. The van der Waals surface area contributed by atoms with Gasteiger partial charge < -0.3 is 13.6 Å². The van der Waals surface area contributed by atoms with Crippen LogP contribution in [0.1, 0.15) is 0 Å². The zero-order valence-corrected chi connectivity index (χ0v) is 29.6. The third-order valence-electron chi connectivity index (χ3n) is 12.0. The molecule has 254 valence electrons. The molecule has 0 aliphatic heterocycles. The molecular weight excluding hydrogens is 669 g/mol.